The Labute approximate surface area is 90.8 Å². The first kappa shape index (κ1) is 12.9. The van der Waals surface area contributed by atoms with Crippen LogP contribution in [0.25, 0.3) is 0 Å². The zero-order chi connectivity index (χ0) is 11.3. The second-order valence-electron chi connectivity index (χ2n) is 3.73. The van der Waals surface area contributed by atoms with E-state index in [4.69, 9.17) is 9.47 Å². The van der Waals surface area contributed by atoms with Gasteiger partial charge in [-0.2, -0.15) is 8.42 Å². The van der Waals surface area contributed by atoms with Gasteiger partial charge in [0.25, 0.3) is 10.1 Å². The minimum atomic E-state index is -3.38. The van der Waals surface area contributed by atoms with Crippen molar-refractivity contribution in [2.45, 2.75) is 38.6 Å². The molecule has 0 bridgehead atoms. The van der Waals surface area contributed by atoms with Crippen molar-refractivity contribution in [2.75, 3.05) is 19.5 Å². The SMILES string of the molecule is C[C@@H](COS(C)(=O)=O)OC1CCCCO1. The molecule has 6 heteroatoms. The molecule has 1 unspecified atom stereocenters. The Morgan fingerprint density at radius 1 is 1.47 bits per heavy atom. The Morgan fingerprint density at radius 2 is 2.20 bits per heavy atom. The molecule has 0 N–H and O–H groups in total. The van der Waals surface area contributed by atoms with Crippen LogP contribution in [0.1, 0.15) is 26.2 Å². The lowest BCUT2D eigenvalue weighted by atomic mass is 10.2. The molecule has 0 aromatic rings. The summed E-state index contributed by atoms with van der Waals surface area (Å²) in [5, 5.41) is 0. The first-order valence-electron chi connectivity index (χ1n) is 5.09. The van der Waals surface area contributed by atoms with Crippen LogP contribution in [-0.2, 0) is 23.8 Å². The third kappa shape index (κ3) is 6.09. The molecular formula is C9H18O5S. The summed E-state index contributed by atoms with van der Waals surface area (Å²) in [6, 6.07) is 0. The smallest absolute Gasteiger partial charge is 0.264 e. The predicted octanol–water partition coefficient (Wildman–Crippen LogP) is 0.894. The van der Waals surface area contributed by atoms with E-state index in [0.717, 1.165) is 25.5 Å². The van der Waals surface area contributed by atoms with Gasteiger partial charge in [0, 0.05) is 6.61 Å². The van der Waals surface area contributed by atoms with Crippen LogP contribution in [0.2, 0.25) is 0 Å². The van der Waals surface area contributed by atoms with Crippen molar-refractivity contribution >= 4 is 10.1 Å². The molecule has 0 saturated carbocycles. The molecule has 0 aliphatic carbocycles. The van der Waals surface area contributed by atoms with Crippen molar-refractivity contribution in [1.82, 2.24) is 0 Å². The summed E-state index contributed by atoms with van der Waals surface area (Å²) >= 11 is 0. The zero-order valence-corrected chi connectivity index (χ0v) is 9.96. The standard InChI is InChI=1S/C9H18O5S/c1-8(7-13-15(2,10)11)14-9-5-3-4-6-12-9/h8-9H,3-7H2,1-2H3/t8-,9?/m0/s1. The lowest BCUT2D eigenvalue weighted by Crippen LogP contribution is -2.29. The minimum Gasteiger partial charge on any atom is -0.353 e. The molecule has 15 heavy (non-hydrogen) atoms. The number of hydrogen-bond acceptors (Lipinski definition) is 5. The van der Waals surface area contributed by atoms with Gasteiger partial charge >= 0.3 is 0 Å². The highest BCUT2D eigenvalue weighted by molar-refractivity contribution is 7.85. The van der Waals surface area contributed by atoms with Crippen molar-refractivity contribution in [3.8, 4) is 0 Å². The maximum atomic E-state index is 10.7. The van der Waals surface area contributed by atoms with Crippen LogP contribution in [0.4, 0.5) is 0 Å². The van der Waals surface area contributed by atoms with Crippen molar-refractivity contribution in [3.63, 3.8) is 0 Å². The van der Waals surface area contributed by atoms with Crippen LogP contribution < -0.4 is 0 Å². The molecule has 1 fully saturated rings. The van der Waals surface area contributed by atoms with E-state index in [0.29, 0.717) is 6.61 Å². The van der Waals surface area contributed by atoms with E-state index in [9.17, 15) is 8.42 Å². The summed E-state index contributed by atoms with van der Waals surface area (Å²) in [4.78, 5) is 0. The van der Waals surface area contributed by atoms with Gasteiger partial charge in [0.2, 0.25) is 0 Å². The Balaban J connectivity index is 2.20. The van der Waals surface area contributed by atoms with E-state index in [-0.39, 0.29) is 19.0 Å². The van der Waals surface area contributed by atoms with E-state index >= 15 is 0 Å². The molecule has 90 valence electrons. The topological polar surface area (TPSA) is 61.8 Å². The lowest BCUT2D eigenvalue weighted by molar-refractivity contribution is -0.188. The molecule has 0 spiro atoms. The van der Waals surface area contributed by atoms with Crippen LogP contribution in [0.5, 0.6) is 0 Å². The molecule has 5 nitrogen and oxygen atoms in total. The molecular weight excluding hydrogens is 220 g/mol. The van der Waals surface area contributed by atoms with Gasteiger partial charge in [-0.05, 0) is 26.2 Å². The van der Waals surface area contributed by atoms with Gasteiger partial charge < -0.3 is 9.47 Å². The summed E-state index contributed by atoms with van der Waals surface area (Å²) < 4.78 is 36.9. The van der Waals surface area contributed by atoms with Gasteiger partial charge in [0.15, 0.2) is 6.29 Å². The Hall–Kier alpha value is -0.170. The summed E-state index contributed by atoms with van der Waals surface area (Å²) in [7, 11) is -3.38. The normalized spacial score (nSPS) is 25.1. The first-order valence-corrected chi connectivity index (χ1v) is 6.90. The molecule has 1 saturated heterocycles. The average molecular weight is 238 g/mol. The maximum absolute atomic E-state index is 10.7. The second kappa shape index (κ2) is 5.79. The fourth-order valence-electron chi connectivity index (χ4n) is 1.34. The van der Waals surface area contributed by atoms with Crippen molar-refractivity contribution in [1.29, 1.82) is 0 Å². The zero-order valence-electron chi connectivity index (χ0n) is 9.14. The Morgan fingerprint density at radius 3 is 2.73 bits per heavy atom. The lowest BCUT2D eigenvalue weighted by Gasteiger charge is -2.25. The van der Waals surface area contributed by atoms with Crippen molar-refractivity contribution < 1.29 is 22.1 Å². The second-order valence-corrected chi connectivity index (χ2v) is 5.38. The highest BCUT2D eigenvalue weighted by Gasteiger charge is 2.18. The number of hydrogen-bond donors (Lipinski definition) is 0. The molecule has 0 amide bonds. The third-order valence-corrected chi connectivity index (χ3v) is 2.60. The van der Waals surface area contributed by atoms with Gasteiger partial charge in [0.1, 0.15) is 0 Å². The fraction of sp³-hybridized carbons (Fsp3) is 1.00. The third-order valence-electron chi connectivity index (χ3n) is 2.04. The summed E-state index contributed by atoms with van der Waals surface area (Å²) in [6.45, 7) is 2.52. The predicted molar refractivity (Wildman–Crippen MR) is 54.9 cm³/mol. The molecule has 1 heterocycles. The molecule has 0 aromatic heterocycles. The Kier molecular flexibility index (Phi) is 4.98. The largest absolute Gasteiger partial charge is 0.353 e. The number of rotatable bonds is 5. The van der Waals surface area contributed by atoms with Crippen molar-refractivity contribution in [3.05, 3.63) is 0 Å². The average Bonchev–Trinajstić information content (AvgIpc) is 2.15. The molecule has 1 aliphatic heterocycles. The monoisotopic (exact) mass is 238 g/mol. The van der Waals surface area contributed by atoms with Crippen LogP contribution in [0.3, 0.4) is 0 Å². The summed E-state index contributed by atoms with van der Waals surface area (Å²) in [5.41, 5.74) is 0. The minimum absolute atomic E-state index is 0.0404. The fourth-order valence-corrected chi connectivity index (χ4v) is 1.78. The Bertz CT molecular complexity index is 268. The maximum Gasteiger partial charge on any atom is 0.264 e. The van der Waals surface area contributed by atoms with E-state index in [1.54, 1.807) is 6.92 Å². The summed E-state index contributed by atoms with van der Waals surface area (Å²) in [5.74, 6) is 0. The van der Waals surface area contributed by atoms with Gasteiger partial charge in [-0.25, -0.2) is 0 Å². The van der Waals surface area contributed by atoms with Gasteiger partial charge in [-0.3, -0.25) is 4.18 Å². The van der Waals surface area contributed by atoms with E-state index in [1.807, 2.05) is 0 Å². The quantitative estimate of drug-likeness (QED) is 0.666. The molecule has 0 radical (unpaired) electrons. The molecule has 1 aliphatic rings. The van der Waals surface area contributed by atoms with Gasteiger partial charge in [-0.15, -0.1) is 0 Å². The number of ether oxygens (including phenoxy) is 2. The first-order chi connectivity index (χ1) is 6.97. The van der Waals surface area contributed by atoms with E-state index in [2.05, 4.69) is 4.18 Å². The highest BCUT2D eigenvalue weighted by atomic mass is 32.2. The highest BCUT2D eigenvalue weighted by Crippen LogP contribution is 2.15. The molecule has 0 aromatic carbocycles. The van der Waals surface area contributed by atoms with E-state index < -0.39 is 10.1 Å². The molecule has 2 atom stereocenters. The van der Waals surface area contributed by atoms with E-state index in [1.165, 1.54) is 0 Å². The summed E-state index contributed by atoms with van der Waals surface area (Å²) in [6.07, 6.45) is 3.55. The van der Waals surface area contributed by atoms with Crippen LogP contribution in [0.15, 0.2) is 0 Å². The van der Waals surface area contributed by atoms with Gasteiger partial charge in [-0.1, -0.05) is 0 Å². The van der Waals surface area contributed by atoms with Gasteiger partial charge in [0.05, 0.1) is 19.0 Å². The molecule has 1 rings (SSSR count). The van der Waals surface area contributed by atoms with Crippen molar-refractivity contribution in [2.24, 2.45) is 0 Å². The van der Waals surface area contributed by atoms with Crippen LogP contribution >= 0.6 is 0 Å². The van der Waals surface area contributed by atoms with Crippen LogP contribution in [-0.4, -0.2) is 40.3 Å². The van der Waals surface area contributed by atoms with Crippen LogP contribution in [0, 0.1) is 0 Å².